The van der Waals surface area contributed by atoms with Crippen molar-refractivity contribution in [3.05, 3.63) is 35.6 Å². The van der Waals surface area contributed by atoms with Crippen LogP contribution in [0.5, 0.6) is 0 Å². The first-order chi connectivity index (χ1) is 9.63. The highest BCUT2D eigenvalue weighted by Crippen LogP contribution is 2.31. The van der Waals surface area contributed by atoms with E-state index in [0.29, 0.717) is 13.0 Å². The minimum Gasteiger partial charge on any atom is -0.390 e. The molecule has 1 amide bonds. The molecule has 4 nitrogen and oxygen atoms in total. The highest BCUT2D eigenvalue weighted by Gasteiger charge is 2.34. The topological polar surface area (TPSA) is 41.9 Å². The van der Waals surface area contributed by atoms with Gasteiger partial charge in [-0.25, -0.2) is 4.39 Å². The molecule has 0 radical (unpaired) electrons. The number of nitrogens with zero attached hydrogens (tertiary/aromatic N) is 2. The summed E-state index contributed by atoms with van der Waals surface area (Å²) >= 11 is 0. The van der Waals surface area contributed by atoms with Crippen molar-refractivity contribution in [2.45, 2.75) is 25.4 Å². The second kappa shape index (κ2) is 5.23. The first-order valence-electron chi connectivity index (χ1n) is 6.87. The lowest BCUT2D eigenvalue weighted by Gasteiger charge is -2.19. The van der Waals surface area contributed by atoms with Crippen LogP contribution in [0.4, 0.5) is 4.39 Å². The Bertz CT molecular complexity index is 537. The number of hydrogen-bond donors (Lipinski definition) is 0. The van der Waals surface area contributed by atoms with E-state index in [1.54, 1.807) is 24.1 Å². The van der Waals surface area contributed by atoms with Crippen molar-refractivity contribution in [1.29, 1.82) is 0 Å². The molecule has 1 atom stereocenters. The quantitative estimate of drug-likeness (QED) is 0.846. The first-order valence-corrected chi connectivity index (χ1v) is 6.87. The number of carbonyl (C=O) groups is 1. The van der Waals surface area contributed by atoms with E-state index in [1.807, 2.05) is 0 Å². The van der Waals surface area contributed by atoms with Crippen LogP contribution in [0.3, 0.4) is 0 Å². The molecule has 0 saturated heterocycles. The van der Waals surface area contributed by atoms with Crippen molar-refractivity contribution in [2.24, 2.45) is 11.1 Å². The average Bonchev–Trinajstić information content (AvgIpc) is 3.19. The SMILES string of the molecule is CN(C[C@@H]1CC(c2ccc(F)cc2)=NO1)C(=O)C1CC1. The second-order valence-electron chi connectivity index (χ2n) is 5.47. The van der Waals surface area contributed by atoms with Crippen molar-refractivity contribution < 1.29 is 14.0 Å². The van der Waals surface area contributed by atoms with E-state index in [1.165, 1.54) is 12.1 Å². The number of rotatable bonds is 4. The molecule has 0 aromatic heterocycles. The molecule has 0 spiro atoms. The third-order valence-corrected chi connectivity index (χ3v) is 3.69. The van der Waals surface area contributed by atoms with Crippen LogP contribution in [0.15, 0.2) is 29.4 Å². The van der Waals surface area contributed by atoms with Gasteiger partial charge in [-0.3, -0.25) is 4.79 Å². The van der Waals surface area contributed by atoms with Crippen LogP contribution in [0, 0.1) is 11.7 Å². The fraction of sp³-hybridized carbons (Fsp3) is 0.467. The molecule has 1 saturated carbocycles. The Morgan fingerprint density at radius 1 is 1.40 bits per heavy atom. The maximum atomic E-state index is 12.9. The van der Waals surface area contributed by atoms with Gasteiger partial charge in [-0.15, -0.1) is 0 Å². The summed E-state index contributed by atoms with van der Waals surface area (Å²) in [5.41, 5.74) is 1.67. The van der Waals surface area contributed by atoms with Gasteiger partial charge < -0.3 is 9.74 Å². The smallest absolute Gasteiger partial charge is 0.225 e. The van der Waals surface area contributed by atoms with Crippen LogP contribution in [-0.2, 0) is 9.63 Å². The molecular formula is C15H17FN2O2. The zero-order valence-corrected chi connectivity index (χ0v) is 11.4. The molecule has 1 fully saturated rings. The Hall–Kier alpha value is -1.91. The van der Waals surface area contributed by atoms with E-state index < -0.39 is 0 Å². The maximum absolute atomic E-state index is 12.9. The maximum Gasteiger partial charge on any atom is 0.225 e. The second-order valence-corrected chi connectivity index (χ2v) is 5.47. The van der Waals surface area contributed by atoms with E-state index in [-0.39, 0.29) is 23.7 Å². The standard InChI is InChI=1S/C15H17FN2O2/c1-18(15(19)11-2-3-11)9-13-8-14(17-20-13)10-4-6-12(16)7-5-10/h4-7,11,13H,2-3,8-9H2,1H3/t13-/m0/s1. The van der Waals surface area contributed by atoms with Gasteiger partial charge in [-0.05, 0) is 30.5 Å². The average molecular weight is 276 g/mol. The molecule has 1 aliphatic carbocycles. The Morgan fingerprint density at radius 3 is 2.75 bits per heavy atom. The van der Waals surface area contributed by atoms with E-state index in [9.17, 15) is 9.18 Å². The highest BCUT2D eigenvalue weighted by molar-refractivity contribution is 6.01. The lowest BCUT2D eigenvalue weighted by atomic mass is 10.0. The predicted octanol–water partition coefficient (Wildman–Crippen LogP) is 2.19. The molecule has 1 heterocycles. The van der Waals surface area contributed by atoms with Gasteiger partial charge in [0.05, 0.1) is 12.3 Å². The van der Waals surface area contributed by atoms with Gasteiger partial charge in [0.2, 0.25) is 5.91 Å². The molecule has 0 N–H and O–H groups in total. The fourth-order valence-corrected chi connectivity index (χ4v) is 2.38. The summed E-state index contributed by atoms with van der Waals surface area (Å²) in [6, 6.07) is 6.21. The summed E-state index contributed by atoms with van der Waals surface area (Å²) < 4.78 is 12.9. The summed E-state index contributed by atoms with van der Waals surface area (Å²) in [5.74, 6) is 0.155. The van der Waals surface area contributed by atoms with Crippen molar-refractivity contribution in [1.82, 2.24) is 4.90 Å². The molecular weight excluding hydrogens is 259 g/mol. The van der Waals surface area contributed by atoms with E-state index in [2.05, 4.69) is 5.16 Å². The predicted molar refractivity (Wildman–Crippen MR) is 72.8 cm³/mol. The van der Waals surface area contributed by atoms with Crippen LogP contribution in [0.2, 0.25) is 0 Å². The van der Waals surface area contributed by atoms with Gasteiger partial charge >= 0.3 is 0 Å². The number of hydrogen-bond acceptors (Lipinski definition) is 3. The van der Waals surface area contributed by atoms with Crippen LogP contribution in [0.25, 0.3) is 0 Å². The molecule has 1 aliphatic heterocycles. The number of likely N-dealkylation sites (N-methyl/N-ethyl adjacent to an activating group) is 1. The molecule has 0 unspecified atom stereocenters. The number of carbonyl (C=O) groups excluding carboxylic acids is 1. The van der Waals surface area contributed by atoms with Gasteiger partial charge in [-0.2, -0.15) is 0 Å². The molecule has 1 aromatic rings. The zero-order chi connectivity index (χ0) is 14.1. The molecule has 3 rings (SSSR count). The molecule has 1 aromatic carbocycles. The Kier molecular flexibility index (Phi) is 3.42. The van der Waals surface area contributed by atoms with Crippen LogP contribution >= 0.6 is 0 Å². The number of amides is 1. The number of benzene rings is 1. The van der Waals surface area contributed by atoms with Gasteiger partial charge in [-0.1, -0.05) is 17.3 Å². The van der Waals surface area contributed by atoms with E-state index in [4.69, 9.17) is 4.84 Å². The van der Waals surface area contributed by atoms with Gasteiger partial charge in [0.25, 0.3) is 0 Å². The van der Waals surface area contributed by atoms with Crippen LogP contribution in [-0.4, -0.2) is 36.2 Å². The van der Waals surface area contributed by atoms with Crippen LogP contribution in [0.1, 0.15) is 24.8 Å². The third-order valence-electron chi connectivity index (χ3n) is 3.69. The van der Waals surface area contributed by atoms with Gasteiger partial charge in [0, 0.05) is 19.4 Å². The van der Waals surface area contributed by atoms with Crippen molar-refractivity contribution in [3.8, 4) is 0 Å². The lowest BCUT2D eigenvalue weighted by molar-refractivity contribution is -0.132. The minimum absolute atomic E-state index is 0.109. The molecule has 20 heavy (non-hydrogen) atoms. The summed E-state index contributed by atoms with van der Waals surface area (Å²) in [5, 5.41) is 4.05. The molecule has 106 valence electrons. The van der Waals surface area contributed by atoms with Gasteiger partial charge in [0.15, 0.2) is 6.10 Å². The Morgan fingerprint density at radius 2 is 2.10 bits per heavy atom. The summed E-state index contributed by atoms with van der Waals surface area (Å²) in [7, 11) is 1.81. The summed E-state index contributed by atoms with van der Waals surface area (Å²) in [6.07, 6.45) is 2.55. The summed E-state index contributed by atoms with van der Waals surface area (Å²) in [6.45, 7) is 0.545. The first kappa shape index (κ1) is 13.1. The number of halogens is 1. The molecule has 2 aliphatic rings. The van der Waals surface area contributed by atoms with Crippen molar-refractivity contribution >= 4 is 11.6 Å². The molecule has 0 bridgehead atoms. The number of oxime groups is 1. The third kappa shape index (κ3) is 2.81. The van der Waals surface area contributed by atoms with Gasteiger partial charge in [0.1, 0.15) is 5.82 Å². The monoisotopic (exact) mass is 276 g/mol. The lowest BCUT2D eigenvalue weighted by Crippen LogP contribution is -2.35. The largest absolute Gasteiger partial charge is 0.390 e. The molecule has 5 heteroatoms. The van der Waals surface area contributed by atoms with Crippen LogP contribution < -0.4 is 0 Å². The minimum atomic E-state index is -0.264. The highest BCUT2D eigenvalue weighted by atomic mass is 19.1. The van der Waals surface area contributed by atoms with Crippen molar-refractivity contribution in [3.63, 3.8) is 0 Å². The zero-order valence-electron chi connectivity index (χ0n) is 11.4. The normalized spacial score (nSPS) is 21.3. The Labute approximate surface area is 117 Å². The summed E-state index contributed by atoms with van der Waals surface area (Å²) in [4.78, 5) is 19.0. The van der Waals surface area contributed by atoms with E-state index in [0.717, 1.165) is 24.1 Å². The fourth-order valence-electron chi connectivity index (χ4n) is 2.38. The van der Waals surface area contributed by atoms with E-state index >= 15 is 0 Å². The van der Waals surface area contributed by atoms with Crippen molar-refractivity contribution in [2.75, 3.05) is 13.6 Å². The Balaban J connectivity index is 1.55.